The third kappa shape index (κ3) is 2.90. The molecule has 0 amide bonds. The van der Waals surface area contributed by atoms with E-state index in [1.165, 1.54) is 0 Å². The summed E-state index contributed by atoms with van der Waals surface area (Å²) in [4.78, 5) is 8.12. The number of hydrogen-bond acceptors (Lipinski definition) is 5. The third-order valence-corrected chi connectivity index (χ3v) is 4.38. The predicted molar refractivity (Wildman–Crippen MR) is 63.2 cm³/mol. The van der Waals surface area contributed by atoms with Crippen LogP contribution >= 0.6 is 12.4 Å². The van der Waals surface area contributed by atoms with Crippen molar-refractivity contribution in [2.24, 2.45) is 5.73 Å². The second-order valence-corrected chi connectivity index (χ2v) is 5.97. The molecule has 1 aliphatic heterocycles. The highest BCUT2D eigenvalue weighted by atomic mass is 35.5. The normalized spacial score (nSPS) is 22.7. The van der Waals surface area contributed by atoms with Gasteiger partial charge in [0.1, 0.15) is 5.82 Å². The molecule has 0 saturated carbocycles. The van der Waals surface area contributed by atoms with Gasteiger partial charge in [-0.2, -0.15) is 0 Å². The molecule has 2 N–H and O–H groups in total. The average molecular weight is 264 g/mol. The number of hydrogen-bond donors (Lipinski definition) is 1. The monoisotopic (exact) mass is 263 g/mol. The summed E-state index contributed by atoms with van der Waals surface area (Å²) in [6, 6.07) is 0. The van der Waals surface area contributed by atoms with Gasteiger partial charge in [0.05, 0.1) is 18.1 Å². The minimum Gasteiger partial charge on any atom is -0.324 e. The summed E-state index contributed by atoms with van der Waals surface area (Å²) in [6.45, 7) is 0.309. The zero-order valence-electron chi connectivity index (χ0n) is 8.67. The lowest BCUT2D eigenvalue weighted by atomic mass is 10.0. The fraction of sp³-hybridized carbons (Fsp3) is 0.556. The highest BCUT2D eigenvalue weighted by Gasteiger charge is 2.29. The fourth-order valence-electron chi connectivity index (χ4n) is 1.74. The van der Waals surface area contributed by atoms with Crippen LogP contribution in [0, 0.1) is 0 Å². The highest BCUT2D eigenvalue weighted by molar-refractivity contribution is 7.91. The van der Waals surface area contributed by atoms with Crippen molar-refractivity contribution in [1.82, 2.24) is 9.97 Å². The first kappa shape index (κ1) is 13.3. The summed E-state index contributed by atoms with van der Waals surface area (Å²) in [5.74, 6) is 1.13. The molecular weight excluding hydrogens is 250 g/mol. The molecule has 2 rings (SSSR count). The van der Waals surface area contributed by atoms with Crippen LogP contribution in [0.15, 0.2) is 12.4 Å². The zero-order chi connectivity index (χ0) is 10.9. The maximum absolute atomic E-state index is 11.3. The molecule has 1 saturated heterocycles. The Labute approximate surface area is 101 Å². The number of nitrogens with zero attached hydrogens (tertiary/aromatic N) is 2. The van der Waals surface area contributed by atoms with Crippen LogP contribution in [0.5, 0.6) is 0 Å². The number of sulfone groups is 1. The first-order chi connectivity index (χ1) is 7.11. The van der Waals surface area contributed by atoms with Crippen molar-refractivity contribution in [1.29, 1.82) is 0 Å². The van der Waals surface area contributed by atoms with E-state index in [2.05, 4.69) is 9.97 Å². The Balaban J connectivity index is 0.00000128. The lowest BCUT2D eigenvalue weighted by Crippen LogP contribution is -2.07. The van der Waals surface area contributed by atoms with Crippen LogP contribution in [0.1, 0.15) is 23.7 Å². The van der Waals surface area contributed by atoms with Crippen molar-refractivity contribution in [3.63, 3.8) is 0 Å². The van der Waals surface area contributed by atoms with E-state index in [0.29, 0.717) is 18.8 Å². The lowest BCUT2D eigenvalue weighted by Gasteiger charge is -2.06. The molecule has 0 radical (unpaired) electrons. The first-order valence-corrected chi connectivity index (χ1v) is 6.64. The predicted octanol–water partition coefficient (Wildman–Crippen LogP) is 0.259. The van der Waals surface area contributed by atoms with E-state index in [4.69, 9.17) is 5.73 Å². The van der Waals surface area contributed by atoms with Crippen LogP contribution in [0.4, 0.5) is 0 Å². The number of halogens is 1. The SMILES string of the molecule is Cl.NCc1ncc(C2CCS(=O)(=O)C2)cn1. The van der Waals surface area contributed by atoms with Gasteiger partial charge in [-0.25, -0.2) is 18.4 Å². The van der Waals surface area contributed by atoms with Crippen molar-refractivity contribution in [2.75, 3.05) is 11.5 Å². The van der Waals surface area contributed by atoms with Gasteiger partial charge in [-0.15, -0.1) is 12.4 Å². The summed E-state index contributed by atoms with van der Waals surface area (Å²) in [7, 11) is -2.84. The Hall–Kier alpha value is -0.720. The van der Waals surface area contributed by atoms with E-state index in [0.717, 1.165) is 5.56 Å². The molecular formula is C9H14ClN3O2S. The highest BCUT2D eigenvalue weighted by Crippen LogP contribution is 2.27. The van der Waals surface area contributed by atoms with Crippen LogP contribution in [0.2, 0.25) is 0 Å². The lowest BCUT2D eigenvalue weighted by molar-refractivity contribution is 0.601. The zero-order valence-corrected chi connectivity index (χ0v) is 10.3. The molecule has 5 nitrogen and oxygen atoms in total. The summed E-state index contributed by atoms with van der Waals surface area (Å²) in [5.41, 5.74) is 6.27. The van der Waals surface area contributed by atoms with Gasteiger partial charge in [0.25, 0.3) is 0 Å². The molecule has 0 aromatic carbocycles. The summed E-state index contributed by atoms with van der Waals surface area (Å²) >= 11 is 0. The quantitative estimate of drug-likeness (QED) is 0.827. The Bertz CT molecular complexity index is 446. The van der Waals surface area contributed by atoms with Crippen LogP contribution in [0.25, 0.3) is 0 Å². The van der Waals surface area contributed by atoms with Crippen molar-refractivity contribution in [2.45, 2.75) is 18.9 Å². The molecule has 2 heterocycles. The maximum Gasteiger partial charge on any atom is 0.150 e. The number of rotatable bonds is 2. The second-order valence-electron chi connectivity index (χ2n) is 3.74. The smallest absolute Gasteiger partial charge is 0.150 e. The third-order valence-electron chi connectivity index (χ3n) is 2.61. The van der Waals surface area contributed by atoms with Crippen LogP contribution < -0.4 is 5.73 Å². The van der Waals surface area contributed by atoms with E-state index >= 15 is 0 Å². The van der Waals surface area contributed by atoms with Crippen LogP contribution in [-0.4, -0.2) is 29.9 Å². The minimum absolute atomic E-state index is 0. The molecule has 1 aromatic rings. The van der Waals surface area contributed by atoms with Crippen LogP contribution in [0.3, 0.4) is 0 Å². The molecule has 0 spiro atoms. The van der Waals surface area contributed by atoms with Gasteiger partial charge in [0.15, 0.2) is 9.84 Å². The van der Waals surface area contributed by atoms with Gasteiger partial charge in [-0.1, -0.05) is 0 Å². The summed E-state index contributed by atoms with van der Waals surface area (Å²) in [6.07, 6.45) is 4.04. The Morgan fingerprint density at radius 3 is 2.44 bits per heavy atom. The second kappa shape index (κ2) is 5.07. The van der Waals surface area contributed by atoms with Gasteiger partial charge >= 0.3 is 0 Å². The number of nitrogens with two attached hydrogens (primary N) is 1. The Morgan fingerprint density at radius 1 is 1.38 bits per heavy atom. The van der Waals surface area contributed by atoms with E-state index in [1.54, 1.807) is 12.4 Å². The first-order valence-electron chi connectivity index (χ1n) is 4.82. The topological polar surface area (TPSA) is 85.9 Å². The van der Waals surface area contributed by atoms with E-state index < -0.39 is 9.84 Å². The summed E-state index contributed by atoms with van der Waals surface area (Å²) in [5, 5.41) is 0. The fourth-order valence-corrected chi connectivity index (χ4v) is 3.52. The largest absolute Gasteiger partial charge is 0.324 e. The van der Waals surface area contributed by atoms with E-state index in [1.807, 2.05) is 0 Å². The molecule has 90 valence electrons. The van der Waals surface area contributed by atoms with Crippen molar-refractivity contribution < 1.29 is 8.42 Å². The standard InChI is InChI=1S/C9H13N3O2S.ClH/c10-3-9-11-4-8(5-12-9)7-1-2-15(13,14)6-7;/h4-5,7H,1-3,6,10H2;1H. The Morgan fingerprint density at radius 2 is 2.00 bits per heavy atom. The van der Waals surface area contributed by atoms with E-state index in [-0.39, 0.29) is 29.8 Å². The minimum atomic E-state index is -2.84. The van der Waals surface area contributed by atoms with Gasteiger partial charge in [-0.3, -0.25) is 0 Å². The molecule has 1 aliphatic rings. The van der Waals surface area contributed by atoms with Gasteiger partial charge in [0, 0.05) is 18.3 Å². The summed E-state index contributed by atoms with van der Waals surface area (Å²) < 4.78 is 22.6. The van der Waals surface area contributed by atoms with Gasteiger partial charge in [-0.05, 0) is 12.0 Å². The average Bonchev–Trinajstić information content (AvgIpc) is 2.59. The van der Waals surface area contributed by atoms with E-state index in [9.17, 15) is 8.42 Å². The van der Waals surface area contributed by atoms with Gasteiger partial charge < -0.3 is 5.73 Å². The molecule has 1 aromatic heterocycles. The molecule has 0 aliphatic carbocycles. The molecule has 0 bridgehead atoms. The molecule has 1 unspecified atom stereocenters. The molecule has 1 fully saturated rings. The van der Waals surface area contributed by atoms with Crippen molar-refractivity contribution in [3.8, 4) is 0 Å². The van der Waals surface area contributed by atoms with Crippen LogP contribution in [-0.2, 0) is 16.4 Å². The maximum atomic E-state index is 11.3. The number of aromatic nitrogens is 2. The molecule has 16 heavy (non-hydrogen) atoms. The molecule has 7 heteroatoms. The van der Waals surface area contributed by atoms with Gasteiger partial charge in [0.2, 0.25) is 0 Å². The Kier molecular flexibility index (Phi) is 4.23. The van der Waals surface area contributed by atoms with Crippen molar-refractivity contribution in [3.05, 3.63) is 23.8 Å². The molecule has 1 atom stereocenters. The van der Waals surface area contributed by atoms with Crippen molar-refractivity contribution >= 4 is 22.2 Å².